The van der Waals surface area contributed by atoms with Crippen molar-refractivity contribution in [3.8, 4) is 5.75 Å². The van der Waals surface area contributed by atoms with Crippen LogP contribution in [0.3, 0.4) is 0 Å². The van der Waals surface area contributed by atoms with Gasteiger partial charge in [0.15, 0.2) is 0 Å². The zero-order valence-electron chi connectivity index (χ0n) is 12.4. The lowest BCUT2D eigenvalue weighted by atomic mass is 9.96. The number of nitrogens with zero attached hydrogens (tertiary/aromatic N) is 1. The lowest BCUT2D eigenvalue weighted by molar-refractivity contribution is 0.000219. The predicted molar refractivity (Wildman–Crippen MR) is 77.8 cm³/mol. The van der Waals surface area contributed by atoms with Crippen molar-refractivity contribution in [2.75, 3.05) is 6.54 Å². The molecule has 1 aromatic carbocycles. The van der Waals surface area contributed by atoms with Crippen LogP contribution in [0.4, 0.5) is 0 Å². The summed E-state index contributed by atoms with van der Waals surface area (Å²) in [6.45, 7) is 6.03. The minimum Gasteiger partial charge on any atom is -0.507 e. The van der Waals surface area contributed by atoms with Gasteiger partial charge < -0.3 is 15.1 Å². The zero-order chi connectivity index (χ0) is 14.9. The van der Waals surface area contributed by atoms with E-state index in [0.29, 0.717) is 18.5 Å². The summed E-state index contributed by atoms with van der Waals surface area (Å²) in [7, 11) is 0. The van der Waals surface area contributed by atoms with Gasteiger partial charge in [-0.05, 0) is 44.7 Å². The Labute approximate surface area is 120 Å². The van der Waals surface area contributed by atoms with Crippen molar-refractivity contribution < 1.29 is 15.0 Å². The number of amides is 1. The molecule has 2 N–H and O–H groups in total. The number of likely N-dealkylation sites (tertiary alicyclic amines) is 1. The van der Waals surface area contributed by atoms with Gasteiger partial charge in [0.25, 0.3) is 5.91 Å². The molecule has 0 aromatic heterocycles. The number of carbonyl (C=O) groups excluding carboxylic acids is 1. The van der Waals surface area contributed by atoms with Crippen LogP contribution >= 0.6 is 0 Å². The molecule has 1 aromatic rings. The van der Waals surface area contributed by atoms with Gasteiger partial charge in [0.05, 0.1) is 17.2 Å². The number of aliphatic hydroxyl groups is 1. The number of phenols is 1. The van der Waals surface area contributed by atoms with E-state index in [1.165, 1.54) is 0 Å². The molecule has 0 aliphatic carbocycles. The summed E-state index contributed by atoms with van der Waals surface area (Å²) in [6.07, 6.45) is 2.36. The summed E-state index contributed by atoms with van der Waals surface area (Å²) in [4.78, 5) is 14.3. The Kier molecular flexibility index (Phi) is 4.04. The topological polar surface area (TPSA) is 60.8 Å². The minimum absolute atomic E-state index is 0.0707. The van der Waals surface area contributed by atoms with E-state index in [1.807, 2.05) is 13.0 Å². The van der Waals surface area contributed by atoms with Crippen LogP contribution in [0.2, 0.25) is 0 Å². The molecule has 1 fully saturated rings. The first-order valence-corrected chi connectivity index (χ1v) is 7.20. The minimum atomic E-state index is -0.926. The normalized spacial score (nSPS) is 19.4. The highest BCUT2D eigenvalue weighted by atomic mass is 16.3. The van der Waals surface area contributed by atoms with Gasteiger partial charge in [-0.1, -0.05) is 19.1 Å². The molecule has 1 amide bonds. The van der Waals surface area contributed by atoms with E-state index in [0.717, 1.165) is 18.4 Å². The predicted octanol–water partition coefficient (Wildman–Crippen LogP) is 2.33. The van der Waals surface area contributed by atoms with E-state index in [2.05, 4.69) is 0 Å². The standard InChI is InChI=1S/C16H23NO3/c1-4-11-7-5-8-12(14(11)18)15(19)17-10-6-9-13(17)16(2,3)20/h5,7-8,13,18,20H,4,6,9-10H2,1-3H3. The molecule has 110 valence electrons. The van der Waals surface area contributed by atoms with Gasteiger partial charge in [0, 0.05) is 6.54 Å². The van der Waals surface area contributed by atoms with Gasteiger partial charge >= 0.3 is 0 Å². The number of benzene rings is 1. The Morgan fingerprint density at radius 1 is 1.45 bits per heavy atom. The highest BCUT2D eigenvalue weighted by molar-refractivity contribution is 5.97. The molecule has 4 heteroatoms. The molecule has 0 spiro atoms. The third-order valence-electron chi connectivity index (χ3n) is 4.06. The van der Waals surface area contributed by atoms with Crippen LogP contribution in [0, 0.1) is 0 Å². The van der Waals surface area contributed by atoms with Crippen LogP contribution in [-0.2, 0) is 6.42 Å². The monoisotopic (exact) mass is 277 g/mol. The molecule has 1 aliphatic rings. The quantitative estimate of drug-likeness (QED) is 0.891. The highest BCUT2D eigenvalue weighted by Crippen LogP contribution is 2.31. The average molecular weight is 277 g/mol. The Hall–Kier alpha value is -1.55. The molecule has 4 nitrogen and oxygen atoms in total. The second-order valence-electron chi connectivity index (χ2n) is 5.98. The van der Waals surface area contributed by atoms with Crippen LogP contribution in [0.1, 0.15) is 49.5 Å². The second kappa shape index (κ2) is 5.44. The number of hydrogen-bond acceptors (Lipinski definition) is 3. The van der Waals surface area contributed by atoms with Crippen molar-refractivity contribution in [1.29, 1.82) is 0 Å². The molecule has 1 unspecified atom stereocenters. The highest BCUT2D eigenvalue weighted by Gasteiger charge is 2.39. The number of aromatic hydroxyl groups is 1. The fourth-order valence-electron chi connectivity index (χ4n) is 2.95. The summed E-state index contributed by atoms with van der Waals surface area (Å²) in [6, 6.07) is 5.07. The van der Waals surface area contributed by atoms with Crippen LogP contribution in [0.15, 0.2) is 18.2 Å². The molecule has 20 heavy (non-hydrogen) atoms. The van der Waals surface area contributed by atoms with E-state index >= 15 is 0 Å². The third-order valence-corrected chi connectivity index (χ3v) is 4.06. The van der Waals surface area contributed by atoms with Crippen LogP contribution in [0.5, 0.6) is 5.75 Å². The van der Waals surface area contributed by atoms with Crippen molar-refractivity contribution in [3.05, 3.63) is 29.3 Å². The van der Waals surface area contributed by atoms with Crippen molar-refractivity contribution in [1.82, 2.24) is 4.90 Å². The van der Waals surface area contributed by atoms with E-state index in [9.17, 15) is 15.0 Å². The molecule has 1 heterocycles. The Balaban J connectivity index is 2.32. The van der Waals surface area contributed by atoms with Gasteiger partial charge in [0.1, 0.15) is 5.75 Å². The van der Waals surface area contributed by atoms with Gasteiger partial charge in [-0.2, -0.15) is 0 Å². The van der Waals surface area contributed by atoms with Crippen molar-refractivity contribution in [3.63, 3.8) is 0 Å². The van der Waals surface area contributed by atoms with Crippen molar-refractivity contribution in [2.45, 2.75) is 51.7 Å². The first-order chi connectivity index (χ1) is 9.36. The summed E-state index contributed by atoms with van der Waals surface area (Å²) in [5.74, 6) is -0.121. The lowest BCUT2D eigenvalue weighted by Crippen LogP contribution is -2.48. The zero-order valence-corrected chi connectivity index (χ0v) is 12.4. The Morgan fingerprint density at radius 2 is 2.15 bits per heavy atom. The van der Waals surface area contributed by atoms with Gasteiger partial charge in [-0.3, -0.25) is 4.79 Å². The van der Waals surface area contributed by atoms with E-state index in [1.54, 1.807) is 30.9 Å². The van der Waals surface area contributed by atoms with E-state index in [4.69, 9.17) is 0 Å². The van der Waals surface area contributed by atoms with Gasteiger partial charge in [-0.25, -0.2) is 0 Å². The average Bonchev–Trinajstić information content (AvgIpc) is 2.87. The molecule has 0 radical (unpaired) electrons. The van der Waals surface area contributed by atoms with Crippen LogP contribution < -0.4 is 0 Å². The molecule has 2 rings (SSSR count). The van der Waals surface area contributed by atoms with E-state index < -0.39 is 5.60 Å². The van der Waals surface area contributed by atoms with E-state index in [-0.39, 0.29) is 17.7 Å². The summed E-state index contributed by atoms with van der Waals surface area (Å²) < 4.78 is 0. The molecule has 1 saturated heterocycles. The number of aryl methyl sites for hydroxylation is 1. The maximum absolute atomic E-state index is 12.6. The number of carbonyl (C=O) groups is 1. The third kappa shape index (κ3) is 2.66. The lowest BCUT2D eigenvalue weighted by Gasteiger charge is -2.34. The number of hydrogen-bond donors (Lipinski definition) is 2. The number of para-hydroxylation sites is 1. The van der Waals surface area contributed by atoms with Crippen molar-refractivity contribution in [2.24, 2.45) is 0 Å². The summed E-state index contributed by atoms with van der Waals surface area (Å²) in [5, 5.41) is 20.4. The maximum Gasteiger partial charge on any atom is 0.257 e. The molecule has 0 saturated carbocycles. The fourth-order valence-corrected chi connectivity index (χ4v) is 2.95. The number of rotatable bonds is 3. The SMILES string of the molecule is CCc1cccc(C(=O)N2CCCC2C(C)(C)O)c1O. The molecule has 1 aliphatic heterocycles. The first-order valence-electron chi connectivity index (χ1n) is 7.20. The fraction of sp³-hybridized carbons (Fsp3) is 0.562. The molecule has 0 bridgehead atoms. The maximum atomic E-state index is 12.6. The number of phenolic OH excluding ortho intramolecular Hbond substituents is 1. The smallest absolute Gasteiger partial charge is 0.257 e. The molecule has 1 atom stereocenters. The largest absolute Gasteiger partial charge is 0.507 e. The molecular formula is C16H23NO3. The van der Waals surface area contributed by atoms with Crippen LogP contribution in [-0.4, -0.2) is 39.2 Å². The Bertz CT molecular complexity index is 505. The Morgan fingerprint density at radius 3 is 2.75 bits per heavy atom. The van der Waals surface area contributed by atoms with Crippen LogP contribution in [0.25, 0.3) is 0 Å². The summed E-state index contributed by atoms with van der Waals surface area (Å²) >= 11 is 0. The summed E-state index contributed by atoms with van der Waals surface area (Å²) in [5.41, 5.74) is 0.180. The second-order valence-corrected chi connectivity index (χ2v) is 5.98. The van der Waals surface area contributed by atoms with Gasteiger partial charge in [-0.15, -0.1) is 0 Å². The first kappa shape index (κ1) is 14.9. The molecular weight excluding hydrogens is 254 g/mol. The van der Waals surface area contributed by atoms with Crippen molar-refractivity contribution >= 4 is 5.91 Å². The van der Waals surface area contributed by atoms with Gasteiger partial charge in [0.2, 0.25) is 0 Å².